The molecule has 0 radical (unpaired) electrons. The van der Waals surface area contributed by atoms with Gasteiger partial charge in [-0.2, -0.15) is 0 Å². The third kappa shape index (κ3) is 15.1. The minimum absolute atomic E-state index is 0.0248. The molecule has 6 amide bonds. The molecule has 5 atom stereocenters. The molecule has 0 fully saturated rings. The Morgan fingerprint density at radius 2 is 1.10 bits per heavy atom. The van der Waals surface area contributed by atoms with Gasteiger partial charge >= 0.3 is 0 Å². The number of phenols is 2. The third-order valence-corrected chi connectivity index (χ3v) is 10.00. The molecule has 0 aliphatic heterocycles. The highest BCUT2D eigenvalue weighted by molar-refractivity contribution is 5.97. The average Bonchev–Trinajstić information content (AvgIpc) is 3.64. The molecule has 19 heteroatoms. The summed E-state index contributed by atoms with van der Waals surface area (Å²) in [6.45, 7) is 1.79. The lowest BCUT2D eigenvalue weighted by atomic mass is 10.00. The standard InChI is InChI=1S/C43H57N11O8/c1-25(55)50-34(10-6-20-48-43(46)47)39(59)52-35(21-26-11-15-29(56)16-12-26)40(60)53-36(22-27-13-17-30(57)18-14-27)41(61)54-37(23-28-24-49-32-8-3-2-7-31(28)32)42(62)51-33(38(45)58)9-4-5-19-44/h2-3,7-8,11-18,24,33-37,49,56-57H,4-6,9-10,19-23,44H2,1H3,(H2,45,58)(H,50,55)(H,51,62)(H,52,59)(H,53,60)(H,54,61)(H4,46,47,48)/t33-,34-,35-,36-,37-/m0/s1. The Morgan fingerprint density at radius 3 is 1.60 bits per heavy atom. The normalized spacial score (nSPS) is 13.4. The summed E-state index contributed by atoms with van der Waals surface area (Å²) in [5.74, 6) is -4.43. The Hall–Kier alpha value is -7.15. The van der Waals surface area contributed by atoms with Crippen LogP contribution in [-0.2, 0) is 48.0 Å². The smallest absolute Gasteiger partial charge is 0.243 e. The molecule has 1 aromatic heterocycles. The molecular formula is C43H57N11O8. The number of aromatic hydroxyl groups is 2. The van der Waals surface area contributed by atoms with Crippen molar-refractivity contribution in [2.45, 2.75) is 88.5 Å². The van der Waals surface area contributed by atoms with E-state index in [4.69, 9.17) is 22.9 Å². The zero-order chi connectivity index (χ0) is 45.2. The molecule has 0 saturated carbocycles. The Bertz CT molecular complexity index is 2170. The highest BCUT2D eigenvalue weighted by atomic mass is 16.3. The number of fused-ring (bicyclic) bond motifs is 1. The van der Waals surface area contributed by atoms with Gasteiger partial charge < -0.3 is 64.7 Å². The van der Waals surface area contributed by atoms with E-state index < -0.39 is 65.7 Å². The van der Waals surface area contributed by atoms with E-state index in [9.17, 15) is 39.0 Å². The van der Waals surface area contributed by atoms with Crippen molar-refractivity contribution in [2.24, 2.45) is 27.9 Å². The average molecular weight is 856 g/mol. The van der Waals surface area contributed by atoms with Gasteiger partial charge in [0.05, 0.1) is 0 Å². The van der Waals surface area contributed by atoms with E-state index >= 15 is 0 Å². The van der Waals surface area contributed by atoms with Gasteiger partial charge in [0.2, 0.25) is 35.4 Å². The van der Waals surface area contributed by atoms with Crippen LogP contribution in [0.25, 0.3) is 10.9 Å². The lowest BCUT2D eigenvalue weighted by Crippen LogP contribution is -2.60. The minimum Gasteiger partial charge on any atom is -0.508 e. The van der Waals surface area contributed by atoms with Gasteiger partial charge in [-0.25, -0.2) is 0 Å². The SMILES string of the molecule is CC(=O)N[C@@H](CCCN=C(N)N)C(=O)N[C@@H](Cc1ccc(O)cc1)C(=O)N[C@@H](Cc1ccc(O)cc1)C(=O)N[C@@H](Cc1c[nH]c2ccccc12)C(=O)N[C@@H](CCCCN)C(N)=O. The molecule has 16 N–H and O–H groups in total. The number of unbranched alkanes of at least 4 members (excludes halogenated alkanes) is 1. The summed E-state index contributed by atoms with van der Waals surface area (Å²) in [7, 11) is 0. The van der Waals surface area contributed by atoms with Crippen molar-refractivity contribution in [1.82, 2.24) is 31.6 Å². The first-order valence-corrected chi connectivity index (χ1v) is 20.3. The number of aromatic amines is 1. The Kier molecular flexibility index (Phi) is 18.1. The van der Waals surface area contributed by atoms with Gasteiger partial charge in [0.15, 0.2) is 5.96 Å². The summed E-state index contributed by atoms with van der Waals surface area (Å²) in [6.07, 6.45) is 3.21. The quantitative estimate of drug-likeness (QED) is 0.0247. The van der Waals surface area contributed by atoms with Crippen molar-refractivity contribution in [2.75, 3.05) is 13.1 Å². The van der Waals surface area contributed by atoms with Gasteiger partial charge in [-0.1, -0.05) is 42.5 Å². The number of para-hydroxylation sites is 1. The van der Waals surface area contributed by atoms with Crippen molar-refractivity contribution >= 4 is 52.3 Å². The fourth-order valence-electron chi connectivity index (χ4n) is 6.77. The van der Waals surface area contributed by atoms with Crippen LogP contribution in [0.4, 0.5) is 0 Å². The zero-order valence-electron chi connectivity index (χ0n) is 34.6. The van der Waals surface area contributed by atoms with Crippen LogP contribution in [0.1, 0.15) is 55.7 Å². The summed E-state index contributed by atoms with van der Waals surface area (Å²) >= 11 is 0. The monoisotopic (exact) mass is 855 g/mol. The zero-order valence-corrected chi connectivity index (χ0v) is 34.6. The summed E-state index contributed by atoms with van der Waals surface area (Å²) in [5, 5.41) is 34.2. The van der Waals surface area contributed by atoms with Crippen LogP contribution in [0.15, 0.2) is 84.0 Å². The second-order valence-electron chi connectivity index (χ2n) is 14.9. The van der Waals surface area contributed by atoms with Gasteiger partial charge in [-0.3, -0.25) is 33.8 Å². The number of hydrogen-bond acceptors (Lipinski definition) is 10. The lowest BCUT2D eigenvalue weighted by Gasteiger charge is -2.27. The Labute approximate surface area is 358 Å². The predicted molar refractivity (Wildman–Crippen MR) is 233 cm³/mol. The molecule has 4 rings (SSSR count). The van der Waals surface area contributed by atoms with E-state index in [1.807, 2.05) is 24.3 Å². The van der Waals surface area contributed by atoms with Crippen molar-refractivity contribution in [3.63, 3.8) is 0 Å². The van der Waals surface area contributed by atoms with Crippen LogP contribution >= 0.6 is 0 Å². The maximum atomic E-state index is 14.5. The summed E-state index contributed by atoms with van der Waals surface area (Å²) < 4.78 is 0. The second-order valence-corrected chi connectivity index (χ2v) is 14.9. The number of aliphatic imine (C=N–C) groups is 1. The number of phenolic OH excluding ortho intramolecular Hbond substituents is 2. The van der Waals surface area contributed by atoms with E-state index in [0.717, 1.165) is 10.9 Å². The van der Waals surface area contributed by atoms with Crippen molar-refractivity contribution < 1.29 is 39.0 Å². The van der Waals surface area contributed by atoms with Gasteiger partial charge in [-0.15, -0.1) is 0 Å². The van der Waals surface area contributed by atoms with Crippen molar-refractivity contribution in [3.05, 3.63) is 95.7 Å². The van der Waals surface area contributed by atoms with Crippen molar-refractivity contribution in [3.8, 4) is 11.5 Å². The number of aromatic nitrogens is 1. The number of rotatable bonds is 24. The molecule has 332 valence electrons. The number of nitrogens with zero attached hydrogens (tertiary/aromatic N) is 1. The molecule has 62 heavy (non-hydrogen) atoms. The summed E-state index contributed by atoms with van der Waals surface area (Å²) in [4.78, 5) is 88.3. The fourth-order valence-corrected chi connectivity index (χ4v) is 6.77. The lowest BCUT2D eigenvalue weighted by molar-refractivity contribution is -0.135. The van der Waals surface area contributed by atoms with Gasteiger partial charge in [0.25, 0.3) is 0 Å². The van der Waals surface area contributed by atoms with Crippen LogP contribution in [0.5, 0.6) is 11.5 Å². The number of guanidine groups is 1. The van der Waals surface area contributed by atoms with Crippen LogP contribution in [-0.4, -0.2) is 99.9 Å². The van der Waals surface area contributed by atoms with Gasteiger partial charge in [-0.05, 0) is 85.7 Å². The van der Waals surface area contributed by atoms with Crippen LogP contribution in [0, 0.1) is 0 Å². The molecular weight excluding hydrogens is 799 g/mol. The Balaban J connectivity index is 1.67. The first kappa shape index (κ1) is 47.5. The molecule has 3 aromatic carbocycles. The number of benzene rings is 3. The number of nitrogens with one attached hydrogen (secondary N) is 6. The van der Waals surface area contributed by atoms with Crippen LogP contribution in [0.2, 0.25) is 0 Å². The van der Waals surface area contributed by atoms with Crippen LogP contribution in [0.3, 0.4) is 0 Å². The highest BCUT2D eigenvalue weighted by Gasteiger charge is 2.33. The number of hydrogen-bond donors (Lipinski definition) is 12. The number of primary amides is 1. The number of H-pyrrole nitrogens is 1. The number of carbonyl (C=O) groups is 6. The second kappa shape index (κ2) is 23.6. The van der Waals surface area contributed by atoms with E-state index in [-0.39, 0.29) is 56.1 Å². The maximum absolute atomic E-state index is 14.5. The highest BCUT2D eigenvalue weighted by Crippen LogP contribution is 2.20. The first-order chi connectivity index (χ1) is 29.6. The number of nitrogens with two attached hydrogens (primary N) is 4. The molecule has 0 spiro atoms. The summed E-state index contributed by atoms with van der Waals surface area (Å²) in [6, 6.07) is 13.2. The van der Waals surface area contributed by atoms with E-state index in [1.54, 1.807) is 30.5 Å². The molecule has 19 nitrogen and oxygen atoms in total. The molecule has 0 aliphatic rings. The topological polar surface area (TPSA) is 335 Å². The van der Waals surface area contributed by atoms with Gasteiger partial charge in [0.1, 0.15) is 41.7 Å². The molecule has 0 bridgehead atoms. The number of carbonyl (C=O) groups excluding carboxylic acids is 6. The van der Waals surface area contributed by atoms with Gasteiger partial charge in [0, 0.05) is 49.8 Å². The van der Waals surface area contributed by atoms with Crippen LogP contribution < -0.4 is 49.5 Å². The third-order valence-electron chi connectivity index (χ3n) is 10.00. The molecule has 0 saturated heterocycles. The predicted octanol–water partition coefficient (Wildman–Crippen LogP) is -0.281. The van der Waals surface area contributed by atoms with E-state index in [1.165, 1.54) is 31.2 Å². The fraction of sp³-hybridized carbons (Fsp3) is 0.372. The van der Waals surface area contributed by atoms with E-state index in [2.05, 4.69) is 36.6 Å². The number of amides is 6. The van der Waals surface area contributed by atoms with E-state index in [0.29, 0.717) is 42.5 Å². The Morgan fingerprint density at radius 1 is 0.613 bits per heavy atom. The largest absolute Gasteiger partial charge is 0.508 e. The molecule has 1 heterocycles. The first-order valence-electron chi connectivity index (χ1n) is 20.3. The molecule has 0 unspecified atom stereocenters. The molecule has 4 aromatic rings. The molecule has 0 aliphatic carbocycles. The van der Waals surface area contributed by atoms with Crippen molar-refractivity contribution in [1.29, 1.82) is 0 Å². The minimum atomic E-state index is -1.37. The maximum Gasteiger partial charge on any atom is 0.243 e. The summed E-state index contributed by atoms with van der Waals surface area (Å²) in [5.41, 5.74) is 24.7.